The molecular formula is C15H24N2O. The molecule has 2 atom stereocenters. The zero-order chi connectivity index (χ0) is 12.8. The van der Waals surface area contributed by atoms with Crippen LogP contribution in [0.3, 0.4) is 0 Å². The summed E-state index contributed by atoms with van der Waals surface area (Å²) in [5, 5.41) is 3.32. The second kappa shape index (κ2) is 6.88. The molecule has 0 bridgehead atoms. The predicted octanol–water partition coefficient (Wildman–Crippen LogP) is 1.71. The number of rotatable bonds is 6. The number of nitrogens with zero attached hydrogens (tertiary/aromatic N) is 1. The number of hydrogen-bond acceptors (Lipinski definition) is 3. The van der Waals surface area contributed by atoms with E-state index in [2.05, 4.69) is 40.5 Å². The fourth-order valence-corrected chi connectivity index (χ4v) is 2.74. The summed E-state index contributed by atoms with van der Waals surface area (Å²) in [7, 11) is 3.77. The molecule has 0 aromatic heterocycles. The van der Waals surface area contributed by atoms with Gasteiger partial charge in [-0.25, -0.2) is 0 Å². The SMILES string of the molecule is CNC(COC)CN1CCC(c2ccccc2)C1. The molecule has 3 nitrogen and oxygen atoms in total. The van der Waals surface area contributed by atoms with Gasteiger partial charge >= 0.3 is 0 Å². The van der Waals surface area contributed by atoms with Gasteiger partial charge in [-0.15, -0.1) is 0 Å². The Labute approximate surface area is 110 Å². The van der Waals surface area contributed by atoms with Crippen molar-refractivity contribution in [3.05, 3.63) is 35.9 Å². The van der Waals surface area contributed by atoms with Crippen LogP contribution in [-0.4, -0.2) is 51.3 Å². The molecule has 1 saturated heterocycles. The molecule has 1 aromatic rings. The summed E-state index contributed by atoms with van der Waals surface area (Å²) in [5.74, 6) is 0.700. The standard InChI is InChI=1S/C15H24N2O/c1-16-15(12-18-2)11-17-9-8-14(10-17)13-6-4-3-5-7-13/h3-7,14-16H,8-12H2,1-2H3. The zero-order valence-corrected chi connectivity index (χ0v) is 11.4. The van der Waals surface area contributed by atoms with E-state index in [1.165, 1.54) is 25.1 Å². The van der Waals surface area contributed by atoms with Gasteiger partial charge in [0.25, 0.3) is 0 Å². The van der Waals surface area contributed by atoms with Crippen LogP contribution in [0.5, 0.6) is 0 Å². The monoisotopic (exact) mass is 248 g/mol. The minimum absolute atomic E-state index is 0.435. The summed E-state index contributed by atoms with van der Waals surface area (Å²) in [4.78, 5) is 2.54. The van der Waals surface area contributed by atoms with E-state index in [1.54, 1.807) is 7.11 Å². The minimum atomic E-state index is 0.435. The lowest BCUT2D eigenvalue weighted by atomic mass is 9.99. The predicted molar refractivity (Wildman–Crippen MR) is 75.0 cm³/mol. The van der Waals surface area contributed by atoms with Crippen LogP contribution in [0.25, 0.3) is 0 Å². The fraction of sp³-hybridized carbons (Fsp3) is 0.600. The Kier molecular flexibility index (Phi) is 5.17. The Bertz CT molecular complexity index is 342. The Morgan fingerprint density at radius 3 is 2.83 bits per heavy atom. The van der Waals surface area contributed by atoms with E-state index >= 15 is 0 Å². The van der Waals surface area contributed by atoms with Gasteiger partial charge in [-0.05, 0) is 31.5 Å². The molecule has 1 heterocycles. The quantitative estimate of drug-likeness (QED) is 0.829. The van der Waals surface area contributed by atoms with E-state index in [0.29, 0.717) is 12.0 Å². The number of nitrogens with one attached hydrogen (secondary N) is 1. The first-order chi connectivity index (χ1) is 8.83. The molecule has 0 spiro atoms. The van der Waals surface area contributed by atoms with Crippen molar-refractivity contribution < 1.29 is 4.74 Å². The number of methoxy groups -OCH3 is 1. The number of likely N-dealkylation sites (tertiary alicyclic amines) is 1. The van der Waals surface area contributed by atoms with Gasteiger partial charge < -0.3 is 15.0 Å². The first-order valence-corrected chi connectivity index (χ1v) is 6.77. The Hall–Kier alpha value is -0.900. The second-order valence-corrected chi connectivity index (χ2v) is 5.10. The van der Waals surface area contributed by atoms with Crippen LogP contribution >= 0.6 is 0 Å². The van der Waals surface area contributed by atoms with Crippen molar-refractivity contribution in [1.82, 2.24) is 10.2 Å². The average Bonchev–Trinajstić information content (AvgIpc) is 2.88. The summed E-state index contributed by atoms with van der Waals surface area (Å²) in [6.45, 7) is 4.23. The van der Waals surface area contributed by atoms with Gasteiger partial charge in [-0.2, -0.15) is 0 Å². The van der Waals surface area contributed by atoms with Gasteiger partial charge in [0.2, 0.25) is 0 Å². The van der Waals surface area contributed by atoms with Crippen molar-refractivity contribution in [1.29, 1.82) is 0 Å². The van der Waals surface area contributed by atoms with Crippen molar-refractivity contribution in [2.45, 2.75) is 18.4 Å². The van der Waals surface area contributed by atoms with Crippen molar-refractivity contribution >= 4 is 0 Å². The van der Waals surface area contributed by atoms with Gasteiger partial charge in [0.15, 0.2) is 0 Å². The summed E-state index contributed by atoms with van der Waals surface area (Å²) in [6.07, 6.45) is 1.27. The highest BCUT2D eigenvalue weighted by atomic mass is 16.5. The number of ether oxygens (including phenoxy) is 1. The highest BCUT2D eigenvalue weighted by molar-refractivity contribution is 5.21. The average molecular weight is 248 g/mol. The van der Waals surface area contributed by atoms with E-state index in [-0.39, 0.29) is 0 Å². The molecular weight excluding hydrogens is 224 g/mol. The van der Waals surface area contributed by atoms with Gasteiger partial charge in [-0.3, -0.25) is 0 Å². The topological polar surface area (TPSA) is 24.5 Å². The van der Waals surface area contributed by atoms with Crippen molar-refractivity contribution in [2.24, 2.45) is 0 Å². The minimum Gasteiger partial charge on any atom is -0.383 e. The molecule has 1 aliphatic rings. The second-order valence-electron chi connectivity index (χ2n) is 5.10. The van der Waals surface area contributed by atoms with E-state index in [0.717, 1.165) is 13.2 Å². The van der Waals surface area contributed by atoms with E-state index in [1.807, 2.05) is 7.05 Å². The number of hydrogen-bond donors (Lipinski definition) is 1. The molecule has 1 fully saturated rings. The lowest BCUT2D eigenvalue weighted by Gasteiger charge is -2.23. The Morgan fingerprint density at radius 2 is 2.17 bits per heavy atom. The van der Waals surface area contributed by atoms with Crippen molar-refractivity contribution in [3.63, 3.8) is 0 Å². The third-order valence-electron chi connectivity index (χ3n) is 3.80. The smallest absolute Gasteiger partial charge is 0.0628 e. The third kappa shape index (κ3) is 3.55. The van der Waals surface area contributed by atoms with E-state index in [4.69, 9.17) is 4.74 Å². The highest BCUT2D eigenvalue weighted by Gasteiger charge is 2.25. The molecule has 2 unspecified atom stereocenters. The summed E-state index contributed by atoms with van der Waals surface area (Å²) in [5.41, 5.74) is 1.48. The van der Waals surface area contributed by atoms with Crippen LogP contribution in [-0.2, 0) is 4.74 Å². The summed E-state index contributed by atoms with van der Waals surface area (Å²) < 4.78 is 5.23. The van der Waals surface area contributed by atoms with Gasteiger partial charge in [0.05, 0.1) is 6.61 Å². The van der Waals surface area contributed by atoms with Crippen LogP contribution in [0.15, 0.2) is 30.3 Å². The first-order valence-electron chi connectivity index (χ1n) is 6.77. The van der Waals surface area contributed by atoms with Crippen LogP contribution in [0, 0.1) is 0 Å². The van der Waals surface area contributed by atoms with Gasteiger partial charge in [0, 0.05) is 26.2 Å². The van der Waals surface area contributed by atoms with Crippen molar-refractivity contribution in [3.8, 4) is 0 Å². The fourth-order valence-electron chi connectivity index (χ4n) is 2.74. The van der Waals surface area contributed by atoms with Crippen molar-refractivity contribution in [2.75, 3.05) is 40.4 Å². The Balaban J connectivity index is 1.85. The van der Waals surface area contributed by atoms with E-state index < -0.39 is 0 Å². The normalized spacial score (nSPS) is 22.2. The summed E-state index contributed by atoms with van der Waals surface area (Å²) >= 11 is 0. The van der Waals surface area contributed by atoms with Gasteiger partial charge in [0.1, 0.15) is 0 Å². The van der Waals surface area contributed by atoms with Crippen LogP contribution < -0.4 is 5.32 Å². The maximum absolute atomic E-state index is 5.23. The molecule has 0 radical (unpaired) electrons. The molecule has 0 amide bonds. The first kappa shape index (κ1) is 13.5. The molecule has 100 valence electrons. The van der Waals surface area contributed by atoms with Gasteiger partial charge in [-0.1, -0.05) is 30.3 Å². The highest BCUT2D eigenvalue weighted by Crippen LogP contribution is 2.26. The maximum Gasteiger partial charge on any atom is 0.0628 e. The maximum atomic E-state index is 5.23. The summed E-state index contributed by atoms with van der Waals surface area (Å²) in [6, 6.07) is 11.3. The molecule has 2 rings (SSSR count). The molecule has 3 heteroatoms. The molecule has 1 N–H and O–H groups in total. The lowest BCUT2D eigenvalue weighted by molar-refractivity contribution is 0.148. The number of benzene rings is 1. The largest absolute Gasteiger partial charge is 0.383 e. The molecule has 1 aromatic carbocycles. The molecule has 1 aliphatic heterocycles. The molecule has 0 aliphatic carbocycles. The lowest BCUT2D eigenvalue weighted by Crippen LogP contribution is -2.41. The van der Waals surface area contributed by atoms with Crippen LogP contribution in [0.1, 0.15) is 17.9 Å². The van der Waals surface area contributed by atoms with Crippen LogP contribution in [0.4, 0.5) is 0 Å². The third-order valence-corrected chi connectivity index (χ3v) is 3.80. The number of likely N-dealkylation sites (N-methyl/N-ethyl adjacent to an activating group) is 1. The molecule has 18 heavy (non-hydrogen) atoms. The van der Waals surface area contributed by atoms with E-state index in [9.17, 15) is 0 Å². The van der Waals surface area contributed by atoms with Crippen LogP contribution in [0.2, 0.25) is 0 Å². The Morgan fingerprint density at radius 1 is 1.39 bits per heavy atom. The zero-order valence-electron chi connectivity index (χ0n) is 11.4. The molecule has 0 saturated carbocycles.